The van der Waals surface area contributed by atoms with Gasteiger partial charge in [0.25, 0.3) is 0 Å². The molecule has 2 aliphatic rings. The van der Waals surface area contributed by atoms with E-state index in [-0.39, 0.29) is 11.7 Å². The van der Waals surface area contributed by atoms with Gasteiger partial charge in [-0.3, -0.25) is 4.79 Å². The predicted molar refractivity (Wildman–Crippen MR) is 81.1 cm³/mol. The van der Waals surface area contributed by atoms with Gasteiger partial charge >= 0.3 is 0 Å². The summed E-state index contributed by atoms with van der Waals surface area (Å²) < 4.78 is 0. The normalized spacial score (nSPS) is 22.0. The molecule has 1 aliphatic heterocycles. The minimum atomic E-state index is 0.140. The first-order chi connectivity index (χ1) is 9.65. The Hall–Kier alpha value is -1.54. The molecule has 0 bridgehead atoms. The summed E-state index contributed by atoms with van der Waals surface area (Å²) in [6, 6.07) is 2.20. The second-order valence-corrected chi connectivity index (χ2v) is 6.78. The molecule has 2 fully saturated rings. The van der Waals surface area contributed by atoms with E-state index in [1.165, 1.54) is 11.3 Å². The van der Waals surface area contributed by atoms with Crippen molar-refractivity contribution in [1.82, 2.24) is 0 Å². The number of carbonyl (C=O) groups is 1. The van der Waals surface area contributed by atoms with Gasteiger partial charge in [0, 0.05) is 19.0 Å². The Morgan fingerprint density at radius 3 is 2.80 bits per heavy atom. The first-order valence-electron chi connectivity index (χ1n) is 7.27. The van der Waals surface area contributed by atoms with Crippen LogP contribution in [0.5, 0.6) is 0 Å². The fraction of sp³-hybridized carbons (Fsp3) is 0.600. The summed E-state index contributed by atoms with van der Waals surface area (Å²) in [4.78, 5) is 15.1. The number of carbonyl (C=O) groups excluding carboxylic acids is 1. The molecule has 1 aromatic heterocycles. The Kier molecular flexibility index (Phi) is 3.43. The topological polar surface area (TPSA) is 70.1 Å². The van der Waals surface area contributed by atoms with Crippen LogP contribution in [0, 0.1) is 23.2 Å². The average molecular weight is 289 g/mol. The molecule has 5 heteroatoms. The number of Topliss-reactive ketones (excluding diaryl/α,β-unsaturated/α-hetero) is 1. The molecule has 0 amide bonds. The number of nitrogens with two attached hydrogens (primary N) is 1. The molecule has 1 atom stereocenters. The molecule has 0 spiro atoms. The van der Waals surface area contributed by atoms with Crippen LogP contribution in [0.4, 0.5) is 10.7 Å². The second-order valence-electron chi connectivity index (χ2n) is 5.78. The maximum atomic E-state index is 12.2. The van der Waals surface area contributed by atoms with Gasteiger partial charge in [-0.05, 0) is 25.2 Å². The summed E-state index contributed by atoms with van der Waals surface area (Å²) in [5, 5.41) is 10.3. The molecule has 2 N–H and O–H groups in total. The summed E-state index contributed by atoms with van der Waals surface area (Å²) in [5.74, 6) is 0.978. The van der Waals surface area contributed by atoms with Crippen molar-refractivity contribution in [2.75, 3.05) is 23.7 Å². The molecule has 106 valence electrons. The predicted octanol–water partition coefficient (Wildman–Crippen LogP) is 3.03. The van der Waals surface area contributed by atoms with E-state index in [1.807, 2.05) is 0 Å². The number of anilines is 2. The van der Waals surface area contributed by atoms with Crippen LogP contribution in [0.1, 0.15) is 47.8 Å². The maximum absolute atomic E-state index is 12.2. The number of hydrogen-bond acceptors (Lipinski definition) is 5. The van der Waals surface area contributed by atoms with E-state index in [0.29, 0.717) is 22.0 Å². The highest BCUT2D eigenvalue weighted by Gasteiger charge is 2.35. The lowest BCUT2D eigenvalue weighted by molar-refractivity contribution is 0.0972. The highest BCUT2D eigenvalue weighted by Crippen LogP contribution is 2.44. The third-order valence-electron chi connectivity index (χ3n) is 4.36. The molecule has 1 aromatic rings. The summed E-state index contributed by atoms with van der Waals surface area (Å²) in [7, 11) is 0. The molecular weight excluding hydrogens is 270 g/mol. The number of rotatable bonds is 4. The minimum absolute atomic E-state index is 0.140. The van der Waals surface area contributed by atoms with Crippen molar-refractivity contribution in [3.8, 4) is 6.07 Å². The minimum Gasteiger partial charge on any atom is -0.396 e. The zero-order chi connectivity index (χ0) is 14.3. The van der Waals surface area contributed by atoms with E-state index < -0.39 is 0 Å². The fourth-order valence-corrected chi connectivity index (χ4v) is 4.05. The van der Waals surface area contributed by atoms with Crippen molar-refractivity contribution in [1.29, 1.82) is 5.26 Å². The number of nitriles is 1. The molecule has 4 nitrogen and oxygen atoms in total. The molecule has 1 saturated carbocycles. The van der Waals surface area contributed by atoms with E-state index in [1.54, 1.807) is 0 Å². The van der Waals surface area contributed by atoms with E-state index >= 15 is 0 Å². The van der Waals surface area contributed by atoms with Crippen molar-refractivity contribution >= 4 is 27.8 Å². The third-order valence-corrected chi connectivity index (χ3v) is 5.64. The highest BCUT2D eigenvalue weighted by atomic mass is 32.1. The van der Waals surface area contributed by atoms with Gasteiger partial charge in [-0.1, -0.05) is 13.3 Å². The third kappa shape index (κ3) is 2.18. The Bertz CT molecular complexity index is 583. The average Bonchev–Trinajstić information content (AvgIpc) is 3.10. The molecule has 1 unspecified atom stereocenters. The first kappa shape index (κ1) is 13.4. The van der Waals surface area contributed by atoms with Gasteiger partial charge in [-0.2, -0.15) is 5.26 Å². The lowest BCUT2D eigenvalue weighted by atomic mass is 10.1. The van der Waals surface area contributed by atoms with Gasteiger partial charge < -0.3 is 10.6 Å². The highest BCUT2D eigenvalue weighted by molar-refractivity contribution is 7.19. The van der Waals surface area contributed by atoms with Crippen LogP contribution in [0.2, 0.25) is 0 Å². The molecule has 0 radical (unpaired) electrons. The Balaban J connectivity index is 1.93. The Morgan fingerprint density at radius 2 is 2.25 bits per heavy atom. The summed E-state index contributed by atoms with van der Waals surface area (Å²) in [6.07, 6.45) is 4.25. The van der Waals surface area contributed by atoms with Crippen molar-refractivity contribution < 1.29 is 4.79 Å². The molecule has 2 heterocycles. The second kappa shape index (κ2) is 5.10. The molecule has 0 aromatic carbocycles. The zero-order valence-corrected chi connectivity index (χ0v) is 12.5. The number of nitrogen functional groups attached to an aromatic ring is 1. The SMILES string of the molecule is CCC1CCN(c2sc(C(=O)C3CC3)c(N)c2C#N)C1. The molecule has 20 heavy (non-hydrogen) atoms. The summed E-state index contributed by atoms with van der Waals surface area (Å²) >= 11 is 1.43. The van der Waals surface area contributed by atoms with Crippen LogP contribution in [-0.4, -0.2) is 18.9 Å². The summed E-state index contributed by atoms with van der Waals surface area (Å²) in [6.45, 7) is 4.14. The summed E-state index contributed by atoms with van der Waals surface area (Å²) in [5.41, 5.74) is 6.97. The van der Waals surface area contributed by atoms with Crippen LogP contribution < -0.4 is 10.6 Å². The van der Waals surface area contributed by atoms with Crippen LogP contribution in [0.15, 0.2) is 0 Å². The van der Waals surface area contributed by atoms with Gasteiger partial charge in [0.2, 0.25) is 0 Å². The van der Waals surface area contributed by atoms with E-state index in [9.17, 15) is 10.1 Å². The fourth-order valence-electron chi connectivity index (χ4n) is 2.83. The van der Waals surface area contributed by atoms with Crippen molar-refractivity contribution in [3.63, 3.8) is 0 Å². The largest absolute Gasteiger partial charge is 0.396 e. The van der Waals surface area contributed by atoms with E-state index in [4.69, 9.17) is 5.73 Å². The molecule has 3 rings (SSSR count). The molecule has 1 saturated heterocycles. The van der Waals surface area contributed by atoms with Gasteiger partial charge in [0.15, 0.2) is 5.78 Å². The van der Waals surface area contributed by atoms with E-state index in [0.717, 1.165) is 43.8 Å². The van der Waals surface area contributed by atoms with Crippen LogP contribution in [0.3, 0.4) is 0 Å². The maximum Gasteiger partial charge on any atom is 0.178 e. The van der Waals surface area contributed by atoms with Crippen LogP contribution in [0.25, 0.3) is 0 Å². The van der Waals surface area contributed by atoms with Crippen LogP contribution in [-0.2, 0) is 0 Å². The first-order valence-corrected chi connectivity index (χ1v) is 8.08. The number of nitrogens with zero attached hydrogens (tertiary/aromatic N) is 2. The number of thiophene rings is 1. The van der Waals surface area contributed by atoms with Gasteiger partial charge in [-0.25, -0.2) is 0 Å². The van der Waals surface area contributed by atoms with E-state index in [2.05, 4.69) is 17.9 Å². The quantitative estimate of drug-likeness (QED) is 0.865. The van der Waals surface area contributed by atoms with Crippen molar-refractivity contribution in [2.45, 2.75) is 32.6 Å². The Morgan fingerprint density at radius 1 is 1.50 bits per heavy atom. The van der Waals surface area contributed by atoms with Gasteiger partial charge in [-0.15, -0.1) is 11.3 Å². The lowest BCUT2D eigenvalue weighted by Crippen LogP contribution is -2.19. The smallest absolute Gasteiger partial charge is 0.178 e. The zero-order valence-electron chi connectivity index (χ0n) is 11.7. The van der Waals surface area contributed by atoms with Crippen molar-refractivity contribution in [2.24, 2.45) is 11.8 Å². The monoisotopic (exact) mass is 289 g/mol. The molecular formula is C15H19N3OS. The lowest BCUT2D eigenvalue weighted by Gasteiger charge is -2.16. The van der Waals surface area contributed by atoms with Crippen LogP contribution >= 0.6 is 11.3 Å². The van der Waals surface area contributed by atoms with Crippen molar-refractivity contribution in [3.05, 3.63) is 10.4 Å². The number of ketones is 1. The molecule has 1 aliphatic carbocycles. The Labute approximate surface area is 123 Å². The van der Waals surface area contributed by atoms with Gasteiger partial charge in [0.05, 0.1) is 10.6 Å². The van der Waals surface area contributed by atoms with Gasteiger partial charge in [0.1, 0.15) is 16.6 Å². The standard InChI is InChI=1S/C15H19N3OS/c1-2-9-5-6-18(8-9)15-11(7-16)12(17)14(20-15)13(19)10-3-4-10/h9-10H,2-6,8,17H2,1H3. The number of hydrogen-bond donors (Lipinski definition) is 1.